The molecule has 0 unspecified atom stereocenters. The highest BCUT2D eigenvalue weighted by Crippen LogP contribution is 2.41. The number of carbonyl (C=O) groups is 2. The van der Waals surface area contributed by atoms with Gasteiger partial charge in [-0.05, 0) is 86.0 Å². The van der Waals surface area contributed by atoms with Crippen molar-refractivity contribution in [3.8, 4) is 0 Å². The zero-order valence-electron chi connectivity index (χ0n) is 22.2. The molecule has 1 aliphatic heterocycles. The average molecular weight is 548 g/mol. The molecule has 1 heterocycles. The molecule has 5 rings (SSSR count). The van der Waals surface area contributed by atoms with Gasteiger partial charge in [0.05, 0.1) is 16.3 Å². The summed E-state index contributed by atoms with van der Waals surface area (Å²) in [6.07, 6.45) is 4.65. The molecule has 0 atom stereocenters. The maximum Gasteiger partial charge on any atom is 0.211 e. The fraction of sp³-hybridized carbons (Fsp3) is 0.207. The number of nitrogens with zero attached hydrogens (tertiary/aromatic N) is 2. The second kappa shape index (κ2) is 13.0. The molecule has 39 heavy (non-hydrogen) atoms. The largest absolute Gasteiger partial charge is 0.399 e. The summed E-state index contributed by atoms with van der Waals surface area (Å²) in [5, 5.41) is 8.87. The van der Waals surface area contributed by atoms with Crippen LogP contribution in [0.2, 0.25) is 0 Å². The van der Waals surface area contributed by atoms with Crippen LogP contribution in [0.1, 0.15) is 29.5 Å². The first-order valence-corrected chi connectivity index (χ1v) is 14.2. The number of nitrogens with one attached hydrogen (secondary N) is 1. The number of benzene rings is 3. The van der Waals surface area contributed by atoms with E-state index in [0.717, 1.165) is 59.0 Å². The van der Waals surface area contributed by atoms with Crippen LogP contribution in [0.3, 0.4) is 0 Å². The van der Waals surface area contributed by atoms with E-state index in [1.54, 1.807) is 17.1 Å². The van der Waals surface area contributed by atoms with E-state index >= 15 is 0 Å². The van der Waals surface area contributed by atoms with Crippen molar-refractivity contribution < 1.29 is 18.0 Å². The molecule has 9 nitrogen and oxygen atoms in total. The Morgan fingerprint density at radius 3 is 2.23 bits per heavy atom. The van der Waals surface area contributed by atoms with E-state index in [9.17, 15) is 18.0 Å². The molecular weight excluding hydrogens is 514 g/mol. The summed E-state index contributed by atoms with van der Waals surface area (Å²) in [4.78, 5) is 22.6. The molecule has 0 spiro atoms. The Bertz CT molecular complexity index is 1490. The molecule has 3 aromatic carbocycles. The first-order valence-electron chi connectivity index (χ1n) is 12.3. The third-order valence-electron chi connectivity index (χ3n) is 6.29. The molecule has 1 amide bonds. The number of carbonyl (C=O) groups excluding carboxylic acids is 2. The molecule has 0 radical (unpaired) electrons. The summed E-state index contributed by atoms with van der Waals surface area (Å²) in [7, 11) is -1.81. The lowest BCUT2D eigenvalue weighted by molar-refractivity contribution is -0.105. The Labute approximate surface area is 229 Å². The molecule has 0 bridgehead atoms. The highest BCUT2D eigenvalue weighted by atomic mass is 32.2. The number of aldehydes is 1. The van der Waals surface area contributed by atoms with Crippen molar-refractivity contribution in [1.82, 2.24) is 0 Å². The molecule has 3 aromatic rings. The Kier molecular flexibility index (Phi) is 9.75. The lowest BCUT2D eigenvalue weighted by atomic mass is 9.85. The van der Waals surface area contributed by atoms with Gasteiger partial charge in [-0.1, -0.05) is 24.3 Å². The van der Waals surface area contributed by atoms with E-state index in [-0.39, 0.29) is 4.90 Å². The Balaban J connectivity index is 0.000000357. The van der Waals surface area contributed by atoms with Crippen LogP contribution in [-0.2, 0) is 25.8 Å². The van der Waals surface area contributed by atoms with E-state index in [1.807, 2.05) is 49.4 Å². The highest BCUT2D eigenvalue weighted by molar-refractivity contribution is 7.90. The van der Waals surface area contributed by atoms with E-state index in [1.165, 1.54) is 19.2 Å². The Hall–Kier alpha value is -4.28. The molecule has 10 heteroatoms. The van der Waals surface area contributed by atoms with Crippen LogP contribution in [0, 0.1) is 6.92 Å². The number of rotatable bonds is 5. The summed E-state index contributed by atoms with van der Waals surface area (Å²) in [6.45, 7) is 2.00. The number of sulfone groups is 1. The maximum absolute atomic E-state index is 11.8. The first kappa shape index (κ1) is 29.3. The molecule has 0 saturated heterocycles. The van der Waals surface area contributed by atoms with Crippen molar-refractivity contribution in [3.63, 3.8) is 0 Å². The highest BCUT2D eigenvalue weighted by Gasteiger charge is 2.29. The summed E-state index contributed by atoms with van der Waals surface area (Å²) < 4.78 is 23.6. The quantitative estimate of drug-likeness (QED) is 0.324. The summed E-state index contributed by atoms with van der Waals surface area (Å²) >= 11 is 0. The number of hydrogen-bond donors (Lipinski definition) is 3. The van der Waals surface area contributed by atoms with Crippen molar-refractivity contribution in [1.29, 1.82) is 0 Å². The van der Waals surface area contributed by atoms with Gasteiger partial charge in [0.1, 0.15) is 5.71 Å². The van der Waals surface area contributed by atoms with Crippen molar-refractivity contribution >= 4 is 51.0 Å². The standard InChI is InChI=1S/C21H19N3O4S.C7H9N.CH5N/c1-29(27,28)19-8-6-18(7-9-19)24-21-15(10-17(12-25)23-24)3-2-14-4-5-16(22-13-26)11-20(14)21;1-6-4-2-3-5-7(6)8;1-2/h4-9,11-13H,2-3,10H2,1H3,(H,22,26);2-5H,8H2,1H3;2H2,1H3. The van der Waals surface area contributed by atoms with Crippen molar-refractivity contribution in [2.45, 2.75) is 31.1 Å². The number of hydrogen-bond acceptors (Lipinski definition) is 8. The van der Waals surface area contributed by atoms with Gasteiger partial charge in [-0.25, -0.2) is 13.4 Å². The number of nitrogens with two attached hydrogens (primary N) is 2. The number of anilines is 3. The van der Waals surface area contributed by atoms with Gasteiger partial charge in [0.15, 0.2) is 16.1 Å². The second-order valence-electron chi connectivity index (χ2n) is 8.91. The molecule has 0 fully saturated rings. The molecule has 0 aromatic heterocycles. The molecule has 0 saturated carbocycles. The minimum Gasteiger partial charge on any atom is -0.399 e. The molecule has 204 valence electrons. The van der Waals surface area contributed by atoms with E-state index in [0.29, 0.717) is 29.9 Å². The number of allylic oxidation sites excluding steroid dienone is 1. The zero-order valence-corrected chi connectivity index (χ0v) is 23.0. The fourth-order valence-electron chi connectivity index (χ4n) is 4.31. The SMILES string of the molecule is CN.CS(=O)(=O)c1ccc(N2N=C(C=O)CC3=C2c2cc(NC=O)ccc2CC3)cc1.Cc1ccccc1N. The van der Waals surface area contributed by atoms with Crippen molar-refractivity contribution in [3.05, 3.63) is 89.0 Å². The number of para-hydroxylation sites is 1. The predicted molar refractivity (Wildman–Crippen MR) is 157 cm³/mol. The number of hydrazone groups is 1. The minimum absolute atomic E-state index is 0.216. The minimum atomic E-state index is -3.31. The number of nitrogen functional groups attached to an aromatic ring is 1. The van der Waals surface area contributed by atoms with Crippen LogP contribution in [0.15, 0.2) is 82.3 Å². The third-order valence-corrected chi connectivity index (χ3v) is 7.42. The van der Waals surface area contributed by atoms with Crippen LogP contribution in [0.4, 0.5) is 17.1 Å². The lowest BCUT2D eigenvalue weighted by Gasteiger charge is -2.34. The number of aryl methyl sites for hydroxylation is 2. The lowest BCUT2D eigenvalue weighted by Crippen LogP contribution is -2.28. The van der Waals surface area contributed by atoms with E-state index in [2.05, 4.69) is 16.2 Å². The second-order valence-corrected chi connectivity index (χ2v) is 10.9. The molecular formula is C29H33N5O4S. The Morgan fingerprint density at radius 1 is 0.974 bits per heavy atom. The molecule has 1 aliphatic carbocycles. The van der Waals surface area contributed by atoms with Gasteiger partial charge in [0.2, 0.25) is 6.41 Å². The van der Waals surface area contributed by atoms with Crippen LogP contribution in [0.5, 0.6) is 0 Å². The fourth-order valence-corrected chi connectivity index (χ4v) is 4.94. The molecule has 2 aliphatic rings. The van der Waals surface area contributed by atoms with Crippen LogP contribution >= 0.6 is 0 Å². The van der Waals surface area contributed by atoms with Crippen LogP contribution in [-0.4, -0.2) is 40.1 Å². The van der Waals surface area contributed by atoms with Crippen molar-refractivity contribution in [2.24, 2.45) is 10.8 Å². The zero-order chi connectivity index (χ0) is 28.6. The van der Waals surface area contributed by atoms with Gasteiger partial charge in [-0.3, -0.25) is 9.59 Å². The van der Waals surface area contributed by atoms with Crippen LogP contribution < -0.4 is 21.8 Å². The molecule has 5 N–H and O–H groups in total. The average Bonchev–Trinajstić information content (AvgIpc) is 2.95. The number of amides is 1. The number of fused-ring (bicyclic) bond motifs is 2. The topological polar surface area (TPSA) is 148 Å². The van der Waals surface area contributed by atoms with Gasteiger partial charge < -0.3 is 16.8 Å². The Morgan fingerprint density at radius 2 is 1.67 bits per heavy atom. The van der Waals surface area contributed by atoms with Gasteiger partial charge >= 0.3 is 0 Å². The summed E-state index contributed by atoms with van der Waals surface area (Å²) in [5.41, 5.74) is 17.8. The van der Waals surface area contributed by atoms with Gasteiger partial charge in [0.25, 0.3) is 0 Å². The first-order chi connectivity index (χ1) is 18.7. The van der Waals surface area contributed by atoms with E-state index in [4.69, 9.17) is 5.73 Å². The van der Waals surface area contributed by atoms with Crippen molar-refractivity contribution in [2.75, 3.05) is 29.4 Å². The van der Waals surface area contributed by atoms with Gasteiger partial charge in [-0.2, -0.15) is 5.10 Å². The predicted octanol–water partition coefficient (Wildman–Crippen LogP) is 3.93. The third kappa shape index (κ3) is 6.98. The summed E-state index contributed by atoms with van der Waals surface area (Å²) in [5.74, 6) is 0. The van der Waals surface area contributed by atoms with Gasteiger partial charge in [0, 0.05) is 29.6 Å². The van der Waals surface area contributed by atoms with Crippen LogP contribution in [0.25, 0.3) is 5.70 Å². The van der Waals surface area contributed by atoms with Gasteiger partial charge in [-0.15, -0.1) is 0 Å². The smallest absolute Gasteiger partial charge is 0.211 e. The normalized spacial score (nSPS) is 13.8. The summed E-state index contributed by atoms with van der Waals surface area (Å²) in [6, 6.07) is 20.0. The monoisotopic (exact) mass is 547 g/mol. The van der Waals surface area contributed by atoms with E-state index < -0.39 is 9.84 Å². The maximum atomic E-state index is 11.8.